The van der Waals surface area contributed by atoms with E-state index in [0.29, 0.717) is 6.29 Å². The minimum absolute atomic E-state index is 0.0779. The summed E-state index contributed by atoms with van der Waals surface area (Å²) in [6, 6.07) is 1.66. The van der Waals surface area contributed by atoms with Crippen LogP contribution in [0.25, 0.3) is 0 Å². The third kappa shape index (κ3) is 1.87. The monoisotopic (exact) mass is 308 g/mol. The first kappa shape index (κ1) is 11.0. The van der Waals surface area contributed by atoms with Crippen molar-refractivity contribution in [2.75, 3.05) is 0 Å². The molecule has 0 fully saturated rings. The van der Waals surface area contributed by atoms with Crippen LogP contribution in [0.15, 0.2) is 6.20 Å². The van der Waals surface area contributed by atoms with Gasteiger partial charge >= 0.3 is 0 Å². The Hall–Kier alpha value is -1.10. The molecule has 0 aliphatic rings. The highest BCUT2D eigenvalue weighted by Crippen LogP contribution is 2.26. The summed E-state index contributed by atoms with van der Waals surface area (Å²) < 4.78 is 24.8. The van der Waals surface area contributed by atoms with E-state index in [0.717, 1.165) is 6.20 Å². The minimum atomic E-state index is -2.69. The van der Waals surface area contributed by atoms with Gasteiger partial charge in [0, 0.05) is 9.77 Å². The highest BCUT2D eigenvalue weighted by molar-refractivity contribution is 14.1. The highest BCUT2D eigenvalue weighted by Gasteiger charge is 2.17. The Labute approximate surface area is 91.9 Å². The summed E-state index contributed by atoms with van der Waals surface area (Å²) in [6.07, 6.45) is -1.42. The van der Waals surface area contributed by atoms with E-state index < -0.39 is 6.43 Å². The molecule has 6 heteroatoms. The van der Waals surface area contributed by atoms with E-state index in [1.165, 1.54) is 0 Å². The molecule has 0 unspecified atom stereocenters. The van der Waals surface area contributed by atoms with Gasteiger partial charge in [-0.3, -0.25) is 4.79 Å². The maximum Gasteiger partial charge on any atom is 0.266 e. The number of nitriles is 1. The van der Waals surface area contributed by atoms with Crippen LogP contribution in [0.5, 0.6) is 0 Å². The summed E-state index contributed by atoms with van der Waals surface area (Å²) in [4.78, 5) is 14.0. The van der Waals surface area contributed by atoms with Crippen molar-refractivity contribution in [1.82, 2.24) is 4.98 Å². The van der Waals surface area contributed by atoms with Crippen LogP contribution in [0.1, 0.15) is 28.0 Å². The van der Waals surface area contributed by atoms with Gasteiger partial charge in [-0.1, -0.05) is 0 Å². The molecule has 3 nitrogen and oxygen atoms in total. The Morgan fingerprint density at radius 3 is 2.71 bits per heavy atom. The number of hydrogen-bond acceptors (Lipinski definition) is 3. The maximum atomic E-state index is 12.3. The van der Waals surface area contributed by atoms with Gasteiger partial charge in [-0.2, -0.15) is 5.26 Å². The number of hydrogen-bond donors (Lipinski definition) is 0. The van der Waals surface area contributed by atoms with Gasteiger partial charge in [0.25, 0.3) is 6.43 Å². The number of aldehydes is 1. The summed E-state index contributed by atoms with van der Waals surface area (Å²) in [5, 5.41) is 8.54. The Morgan fingerprint density at radius 2 is 2.29 bits per heavy atom. The standard InChI is InChI=1S/C8H3F2IN2O/c9-8(10)4-2-13-6(1-12)5(3-14)7(4)11/h2-3,8H. The number of nitrogens with zero attached hydrogens (tertiary/aromatic N) is 2. The molecule has 0 bridgehead atoms. The summed E-state index contributed by atoms with van der Waals surface area (Å²) in [7, 11) is 0. The van der Waals surface area contributed by atoms with E-state index in [2.05, 4.69) is 4.98 Å². The first-order chi connectivity index (χ1) is 6.61. The van der Waals surface area contributed by atoms with E-state index in [1.54, 1.807) is 28.7 Å². The van der Waals surface area contributed by atoms with Gasteiger partial charge < -0.3 is 0 Å². The van der Waals surface area contributed by atoms with Crippen LogP contribution in [-0.4, -0.2) is 11.3 Å². The predicted molar refractivity (Wildman–Crippen MR) is 52.0 cm³/mol. The molecule has 1 heterocycles. The summed E-state index contributed by atoms with van der Waals surface area (Å²) in [5.41, 5.74) is -0.536. The highest BCUT2D eigenvalue weighted by atomic mass is 127. The van der Waals surface area contributed by atoms with Gasteiger partial charge in [-0.05, 0) is 22.6 Å². The summed E-state index contributed by atoms with van der Waals surface area (Å²) >= 11 is 1.60. The average Bonchev–Trinajstić information content (AvgIpc) is 2.16. The molecule has 0 aliphatic heterocycles. The van der Waals surface area contributed by atoms with E-state index in [1.807, 2.05) is 0 Å². The van der Waals surface area contributed by atoms with Crippen molar-refractivity contribution in [3.63, 3.8) is 0 Å². The molecular weight excluding hydrogens is 305 g/mol. The van der Waals surface area contributed by atoms with Crippen LogP contribution < -0.4 is 0 Å². The molecule has 72 valence electrons. The Kier molecular flexibility index (Phi) is 3.46. The molecule has 1 aromatic rings. The number of pyridine rings is 1. The quantitative estimate of drug-likeness (QED) is 0.622. The van der Waals surface area contributed by atoms with Crippen LogP contribution in [0.2, 0.25) is 0 Å². The lowest BCUT2D eigenvalue weighted by molar-refractivity contribution is 0.112. The molecule has 0 spiro atoms. The predicted octanol–water partition coefficient (Wildman–Crippen LogP) is 2.31. The van der Waals surface area contributed by atoms with E-state index in [9.17, 15) is 13.6 Å². The van der Waals surface area contributed by atoms with Gasteiger partial charge in [0.05, 0.1) is 11.1 Å². The molecule has 0 radical (unpaired) electrons. The van der Waals surface area contributed by atoms with Crippen LogP contribution in [0.4, 0.5) is 8.78 Å². The number of aromatic nitrogens is 1. The van der Waals surface area contributed by atoms with Crippen LogP contribution in [0, 0.1) is 14.9 Å². The Balaban J connectivity index is 3.44. The van der Waals surface area contributed by atoms with Crippen molar-refractivity contribution in [3.05, 3.63) is 26.6 Å². The van der Waals surface area contributed by atoms with Gasteiger partial charge in [-0.25, -0.2) is 13.8 Å². The molecule has 0 amide bonds. The topological polar surface area (TPSA) is 53.8 Å². The minimum Gasteiger partial charge on any atom is -0.298 e. The third-order valence-electron chi connectivity index (χ3n) is 1.54. The Morgan fingerprint density at radius 1 is 1.64 bits per heavy atom. The number of rotatable bonds is 2. The summed E-state index contributed by atoms with van der Waals surface area (Å²) in [6.45, 7) is 0. The van der Waals surface area contributed by atoms with Crippen molar-refractivity contribution in [2.45, 2.75) is 6.43 Å². The number of halogens is 3. The molecular formula is C8H3F2IN2O. The molecule has 0 atom stereocenters. The van der Waals surface area contributed by atoms with Crippen molar-refractivity contribution in [2.24, 2.45) is 0 Å². The number of carbonyl (C=O) groups excluding carboxylic acids is 1. The lowest BCUT2D eigenvalue weighted by Gasteiger charge is -2.05. The molecule has 14 heavy (non-hydrogen) atoms. The molecule has 1 rings (SSSR count). The fourth-order valence-corrected chi connectivity index (χ4v) is 1.63. The SMILES string of the molecule is N#Cc1ncc(C(F)F)c(I)c1C=O. The van der Waals surface area contributed by atoms with E-state index >= 15 is 0 Å². The van der Waals surface area contributed by atoms with E-state index in [4.69, 9.17) is 5.26 Å². The maximum absolute atomic E-state index is 12.3. The second-order valence-electron chi connectivity index (χ2n) is 2.32. The number of alkyl halides is 2. The largest absolute Gasteiger partial charge is 0.298 e. The van der Waals surface area contributed by atoms with Crippen LogP contribution in [-0.2, 0) is 0 Å². The van der Waals surface area contributed by atoms with Crippen molar-refractivity contribution < 1.29 is 13.6 Å². The fraction of sp³-hybridized carbons (Fsp3) is 0.125. The van der Waals surface area contributed by atoms with Gasteiger partial charge in [0.2, 0.25) is 0 Å². The van der Waals surface area contributed by atoms with Gasteiger partial charge in [-0.15, -0.1) is 0 Å². The lowest BCUT2D eigenvalue weighted by Crippen LogP contribution is -2.01. The normalized spacial score (nSPS) is 9.93. The zero-order valence-corrected chi connectivity index (χ0v) is 8.83. The van der Waals surface area contributed by atoms with E-state index in [-0.39, 0.29) is 20.4 Å². The zero-order valence-electron chi connectivity index (χ0n) is 6.67. The van der Waals surface area contributed by atoms with Crippen LogP contribution >= 0.6 is 22.6 Å². The molecule has 0 N–H and O–H groups in total. The van der Waals surface area contributed by atoms with Crippen molar-refractivity contribution in [1.29, 1.82) is 5.26 Å². The van der Waals surface area contributed by atoms with Crippen molar-refractivity contribution in [3.8, 4) is 6.07 Å². The first-order valence-corrected chi connectivity index (χ1v) is 4.51. The molecule has 1 aromatic heterocycles. The second-order valence-corrected chi connectivity index (χ2v) is 3.40. The van der Waals surface area contributed by atoms with Crippen molar-refractivity contribution >= 4 is 28.9 Å². The van der Waals surface area contributed by atoms with Crippen LogP contribution in [0.3, 0.4) is 0 Å². The Bertz CT molecular complexity index is 415. The lowest BCUT2D eigenvalue weighted by atomic mass is 10.1. The van der Waals surface area contributed by atoms with Gasteiger partial charge in [0.1, 0.15) is 6.07 Å². The molecule has 0 saturated carbocycles. The molecule has 0 saturated heterocycles. The average molecular weight is 308 g/mol. The zero-order chi connectivity index (χ0) is 10.7. The molecule has 0 aromatic carbocycles. The smallest absolute Gasteiger partial charge is 0.266 e. The second kappa shape index (κ2) is 4.41. The number of carbonyl (C=O) groups is 1. The molecule has 0 aliphatic carbocycles. The summed E-state index contributed by atoms with van der Waals surface area (Å²) in [5.74, 6) is 0. The van der Waals surface area contributed by atoms with Gasteiger partial charge in [0.15, 0.2) is 12.0 Å². The first-order valence-electron chi connectivity index (χ1n) is 3.43. The fourth-order valence-electron chi connectivity index (χ4n) is 0.869. The third-order valence-corrected chi connectivity index (χ3v) is 2.74.